The third-order valence-electron chi connectivity index (χ3n) is 3.43. The van der Waals surface area contributed by atoms with E-state index in [1.165, 1.54) is 0 Å². The molecule has 1 aromatic heterocycles. The van der Waals surface area contributed by atoms with Crippen LogP contribution in [0.3, 0.4) is 0 Å². The minimum absolute atomic E-state index is 0.110. The number of phenolic OH excluding ortho intramolecular Hbond substituents is 1. The van der Waals surface area contributed by atoms with Crippen LogP contribution in [0, 0.1) is 6.92 Å². The van der Waals surface area contributed by atoms with Gasteiger partial charge in [-0.3, -0.25) is 9.78 Å². The van der Waals surface area contributed by atoms with Gasteiger partial charge in [0.2, 0.25) is 0 Å². The van der Waals surface area contributed by atoms with Gasteiger partial charge in [-0.15, -0.1) is 0 Å². The quantitative estimate of drug-likeness (QED) is 0.754. The minimum atomic E-state index is -0.262. The lowest BCUT2D eigenvalue weighted by Gasteiger charge is -2.10. The number of pyridine rings is 1. The van der Waals surface area contributed by atoms with Crippen LogP contribution in [0.15, 0.2) is 54.7 Å². The Kier molecular flexibility index (Phi) is 3.28. The Hall–Kier alpha value is -2.88. The zero-order chi connectivity index (χ0) is 14.8. The Morgan fingerprint density at radius 1 is 1.10 bits per heavy atom. The molecule has 4 nitrogen and oxygen atoms in total. The molecule has 0 saturated carbocycles. The van der Waals surface area contributed by atoms with E-state index in [0.29, 0.717) is 16.8 Å². The summed E-state index contributed by atoms with van der Waals surface area (Å²) in [5.74, 6) is -0.153. The smallest absolute Gasteiger partial charge is 0.256 e. The molecule has 0 atom stereocenters. The molecule has 0 fully saturated rings. The van der Waals surface area contributed by atoms with Crippen LogP contribution in [0.1, 0.15) is 15.9 Å². The van der Waals surface area contributed by atoms with Crippen LogP contribution in [0.2, 0.25) is 0 Å². The number of rotatable bonds is 2. The number of anilines is 1. The number of phenols is 1. The molecule has 0 aliphatic rings. The normalized spacial score (nSPS) is 10.5. The van der Waals surface area contributed by atoms with Gasteiger partial charge in [0.15, 0.2) is 0 Å². The fraction of sp³-hybridized carbons (Fsp3) is 0.0588. The predicted octanol–water partition coefficient (Wildman–Crippen LogP) is 3.50. The van der Waals surface area contributed by atoms with E-state index >= 15 is 0 Å². The average Bonchev–Trinajstić information content (AvgIpc) is 2.50. The highest BCUT2D eigenvalue weighted by atomic mass is 16.3. The number of hydrogen-bond donors (Lipinski definition) is 2. The number of aromatic hydroxyl groups is 1. The van der Waals surface area contributed by atoms with Crippen LogP contribution < -0.4 is 5.32 Å². The third-order valence-corrected chi connectivity index (χ3v) is 3.43. The summed E-state index contributed by atoms with van der Waals surface area (Å²) in [5, 5.41) is 13.5. The van der Waals surface area contributed by atoms with E-state index < -0.39 is 0 Å². The number of nitrogens with zero attached hydrogens (tertiary/aromatic N) is 1. The van der Waals surface area contributed by atoms with Crippen LogP contribution in [-0.2, 0) is 0 Å². The standard InChI is InChI=1S/C17H14N2O2/c1-11-13(7-3-9-15(11)20)17(21)19-14-8-2-5-12-6-4-10-18-16(12)14/h2-10,20H,1H3,(H,19,21). The first-order valence-corrected chi connectivity index (χ1v) is 6.60. The van der Waals surface area contributed by atoms with Crippen molar-refractivity contribution in [2.75, 3.05) is 5.32 Å². The molecule has 3 aromatic rings. The van der Waals surface area contributed by atoms with Crippen LogP contribution in [0.25, 0.3) is 10.9 Å². The van der Waals surface area contributed by atoms with Crippen molar-refractivity contribution in [3.63, 3.8) is 0 Å². The summed E-state index contributed by atoms with van der Waals surface area (Å²) in [6.07, 6.45) is 1.69. The topological polar surface area (TPSA) is 62.2 Å². The van der Waals surface area contributed by atoms with Crippen molar-refractivity contribution in [1.29, 1.82) is 0 Å². The number of carbonyl (C=O) groups is 1. The summed E-state index contributed by atoms with van der Waals surface area (Å²) in [4.78, 5) is 16.7. The van der Waals surface area contributed by atoms with Crippen molar-refractivity contribution in [1.82, 2.24) is 4.98 Å². The number of hydrogen-bond acceptors (Lipinski definition) is 3. The van der Waals surface area contributed by atoms with E-state index in [4.69, 9.17) is 0 Å². The molecule has 3 rings (SSSR count). The van der Waals surface area contributed by atoms with Crippen molar-refractivity contribution < 1.29 is 9.90 Å². The molecule has 0 saturated heterocycles. The monoisotopic (exact) mass is 278 g/mol. The third kappa shape index (κ3) is 2.43. The molecule has 4 heteroatoms. The van der Waals surface area contributed by atoms with Crippen LogP contribution >= 0.6 is 0 Å². The molecule has 1 heterocycles. The lowest BCUT2D eigenvalue weighted by Crippen LogP contribution is -2.13. The number of aromatic nitrogens is 1. The average molecular weight is 278 g/mol. The number of benzene rings is 2. The molecule has 1 amide bonds. The summed E-state index contributed by atoms with van der Waals surface area (Å²) in [6, 6.07) is 14.3. The van der Waals surface area contributed by atoms with Gasteiger partial charge in [-0.05, 0) is 31.2 Å². The predicted molar refractivity (Wildman–Crippen MR) is 82.5 cm³/mol. The summed E-state index contributed by atoms with van der Waals surface area (Å²) in [6.45, 7) is 1.71. The maximum atomic E-state index is 12.4. The molecular weight excluding hydrogens is 264 g/mol. The van der Waals surface area contributed by atoms with Gasteiger partial charge in [0.25, 0.3) is 5.91 Å². The largest absolute Gasteiger partial charge is 0.508 e. The zero-order valence-electron chi connectivity index (χ0n) is 11.5. The van der Waals surface area contributed by atoms with Gasteiger partial charge in [0.05, 0.1) is 11.2 Å². The Labute approximate surface area is 122 Å². The van der Waals surface area contributed by atoms with Gasteiger partial charge in [-0.25, -0.2) is 0 Å². The second kappa shape index (κ2) is 5.25. The van der Waals surface area contributed by atoms with E-state index in [1.54, 1.807) is 31.3 Å². The molecule has 104 valence electrons. The Bertz CT molecular complexity index is 823. The van der Waals surface area contributed by atoms with Gasteiger partial charge >= 0.3 is 0 Å². The number of carbonyl (C=O) groups excluding carboxylic acids is 1. The van der Waals surface area contributed by atoms with Gasteiger partial charge in [-0.2, -0.15) is 0 Å². The van der Waals surface area contributed by atoms with Gasteiger partial charge in [-0.1, -0.05) is 24.3 Å². The van der Waals surface area contributed by atoms with Gasteiger partial charge < -0.3 is 10.4 Å². The van der Waals surface area contributed by atoms with Crippen LogP contribution in [-0.4, -0.2) is 16.0 Å². The molecule has 0 unspecified atom stereocenters. The fourth-order valence-corrected chi connectivity index (χ4v) is 2.26. The van der Waals surface area contributed by atoms with E-state index in [9.17, 15) is 9.90 Å². The lowest BCUT2D eigenvalue weighted by molar-refractivity contribution is 0.102. The van der Waals surface area contributed by atoms with Crippen molar-refractivity contribution >= 4 is 22.5 Å². The Morgan fingerprint density at radius 3 is 2.71 bits per heavy atom. The Morgan fingerprint density at radius 2 is 1.86 bits per heavy atom. The number of amides is 1. The van der Waals surface area contributed by atoms with E-state index in [2.05, 4.69) is 10.3 Å². The molecule has 21 heavy (non-hydrogen) atoms. The first-order chi connectivity index (χ1) is 10.2. The van der Waals surface area contributed by atoms with Crippen LogP contribution in [0.4, 0.5) is 5.69 Å². The number of nitrogens with one attached hydrogen (secondary N) is 1. The van der Waals surface area contributed by atoms with Gasteiger partial charge in [0.1, 0.15) is 5.75 Å². The summed E-state index contributed by atoms with van der Waals surface area (Å²) >= 11 is 0. The summed E-state index contributed by atoms with van der Waals surface area (Å²) in [5.41, 5.74) is 2.40. The van der Waals surface area contributed by atoms with Crippen LogP contribution in [0.5, 0.6) is 5.75 Å². The SMILES string of the molecule is Cc1c(O)cccc1C(=O)Nc1cccc2cccnc12. The molecule has 0 spiro atoms. The fourth-order valence-electron chi connectivity index (χ4n) is 2.26. The molecule has 0 aliphatic heterocycles. The molecule has 0 radical (unpaired) electrons. The molecule has 0 aliphatic carbocycles. The second-order valence-electron chi connectivity index (χ2n) is 4.78. The molecule has 2 N–H and O–H groups in total. The lowest BCUT2D eigenvalue weighted by atomic mass is 10.1. The maximum Gasteiger partial charge on any atom is 0.256 e. The highest BCUT2D eigenvalue weighted by molar-refractivity contribution is 6.09. The first-order valence-electron chi connectivity index (χ1n) is 6.60. The van der Waals surface area contributed by atoms with Crippen molar-refractivity contribution in [2.45, 2.75) is 6.92 Å². The highest BCUT2D eigenvalue weighted by Gasteiger charge is 2.13. The van der Waals surface area contributed by atoms with E-state index in [1.807, 2.05) is 30.3 Å². The van der Waals surface area contributed by atoms with Gasteiger partial charge in [0, 0.05) is 22.7 Å². The second-order valence-corrected chi connectivity index (χ2v) is 4.78. The highest BCUT2D eigenvalue weighted by Crippen LogP contribution is 2.24. The van der Waals surface area contributed by atoms with Crippen molar-refractivity contribution in [3.05, 3.63) is 65.9 Å². The first kappa shape index (κ1) is 13.1. The number of para-hydroxylation sites is 1. The molecule has 2 aromatic carbocycles. The summed E-state index contributed by atoms with van der Waals surface area (Å²) < 4.78 is 0. The van der Waals surface area contributed by atoms with Crippen molar-refractivity contribution in [2.24, 2.45) is 0 Å². The minimum Gasteiger partial charge on any atom is -0.508 e. The maximum absolute atomic E-state index is 12.4. The zero-order valence-corrected chi connectivity index (χ0v) is 11.5. The number of fused-ring (bicyclic) bond motifs is 1. The van der Waals surface area contributed by atoms with E-state index in [-0.39, 0.29) is 11.7 Å². The molecular formula is C17H14N2O2. The Balaban J connectivity index is 1.99. The summed E-state index contributed by atoms with van der Waals surface area (Å²) in [7, 11) is 0. The molecule has 0 bridgehead atoms. The van der Waals surface area contributed by atoms with Crippen molar-refractivity contribution in [3.8, 4) is 5.75 Å². The van der Waals surface area contributed by atoms with E-state index in [0.717, 1.165) is 10.9 Å².